The molecule has 3 N–H and O–H groups in total. The molecule has 0 fully saturated rings. The van der Waals surface area contributed by atoms with E-state index in [2.05, 4.69) is 20.9 Å². The van der Waals surface area contributed by atoms with Crippen molar-refractivity contribution in [1.29, 1.82) is 0 Å². The average molecular weight is 512 g/mol. The summed E-state index contributed by atoms with van der Waals surface area (Å²) in [4.78, 5) is 16.5. The minimum atomic E-state index is -0.240. The summed E-state index contributed by atoms with van der Waals surface area (Å²) in [5.74, 6) is 0.696. The zero-order valence-electron chi connectivity index (χ0n) is 17.2. The van der Waals surface area contributed by atoms with E-state index in [4.69, 9.17) is 0 Å². The first-order valence-electron chi connectivity index (χ1n) is 9.62. The molecule has 0 spiro atoms. The van der Waals surface area contributed by atoms with Crippen molar-refractivity contribution >= 4 is 41.5 Å². The van der Waals surface area contributed by atoms with Crippen LogP contribution in [0.25, 0.3) is 0 Å². The van der Waals surface area contributed by atoms with Crippen LogP contribution in [-0.2, 0) is 17.9 Å². The molecule has 0 aliphatic heterocycles. The number of halogens is 2. The number of guanidine groups is 1. The Balaban J connectivity index is 0.00000420. The number of amides is 1. The molecule has 0 aromatic heterocycles. The Labute approximate surface area is 189 Å². The number of aliphatic imine (C=N–C) groups is 1. The minimum Gasteiger partial charge on any atom is -0.357 e. The predicted octanol–water partition coefficient (Wildman–Crippen LogP) is 4.68. The third-order valence-electron chi connectivity index (χ3n) is 3.97. The molecule has 1 amide bonds. The highest BCUT2D eigenvalue weighted by molar-refractivity contribution is 14.0. The lowest BCUT2D eigenvalue weighted by atomic mass is 10.1. The molecule has 158 valence electrons. The number of nitrogens with one attached hydrogen (secondary N) is 3. The van der Waals surface area contributed by atoms with Crippen molar-refractivity contribution in [1.82, 2.24) is 10.6 Å². The number of hydrogen-bond acceptors (Lipinski definition) is 2. The van der Waals surface area contributed by atoms with Crippen LogP contribution < -0.4 is 16.0 Å². The molecule has 0 saturated heterocycles. The molecular formula is C22H30FIN4O. The van der Waals surface area contributed by atoms with Crippen LogP contribution in [0.2, 0.25) is 0 Å². The van der Waals surface area contributed by atoms with E-state index < -0.39 is 0 Å². The maximum atomic E-state index is 13.8. The molecule has 0 heterocycles. The molecule has 0 unspecified atom stereocenters. The van der Waals surface area contributed by atoms with Crippen LogP contribution in [0, 0.1) is 11.7 Å². The van der Waals surface area contributed by atoms with Gasteiger partial charge < -0.3 is 16.0 Å². The molecule has 7 heteroatoms. The minimum absolute atomic E-state index is 0. The van der Waals surface area contributed by atoms with E-state index in [1.165, 1.54) is 6.07 Å². The van der Waals surface area contributed by atoms with Gasteiger partial charge in [0.2, 0.25) is 5.91 Å². The van der Waals surface area contributed by atoms with Gasteiger partial charge in [0, 0.05) is 30.8 Å². The number of anilines is 1. The first kappa shape index (κ1) is 24.9. The van der Waals surface area contributed by atoms with Gasteiger partial charge in [-0.3, -0.25) is 4.79 Å². The van der Waals surface area contributed by atoms with Gasteiger partial charge >= 0.3 is 0 Å². The summed E-state index contributed by atoms with van der Waals surface area (Å²) < 4.78 is 13.8. The molecule has 2 aromatic carbocycles. The van der Waals surface area contributed by atoms with E-state index in [1.807, 2.05) is 51.1 Å². The number of carbonyl (C=O) groups is 1. The monoisotopic (exact) mass is 512 g/mol. The summed E-state index contributed by atoms with van der Waals surface area (Å²) >= 11 is 0. The number of rotatable bonds is 8. The molecule has 2 aromatic rings. The van der Waals surface area contributed by atoms with Gasteiger partial charge in [-0.15, -0.1) is 24.0 Å². The highest BCUT2D eigenvalue weighted by atomic mass is 127. The zero-order chi connectivity index (χ0) is 20.4. The summed E-state index contributed by atoms with van der Waals surface area (Å²) in [5, 5.41) is 9.22. The van der Waals surface area contributed by atoms with Crippen molar-refractivity contribution < 1.29 is 9.18 Å². The molecule has 5 nitrogen and oxygen atoms in total. The van der Waals surface area contributed by atoms with E-state index in [0.29, 0.717) is 43.5 Å². The van der Waals surface area contributed by atoms with Crippen molar-refractivity contribution in [3.05, 3.63) is 65.5 Å². The van der Waals surface area contributed by atoms with Crippen LogP contribution in [0.3, 0.4) is 0 Å². The summed E-state index contributed by atoms with van der Waals surface area (Å²) in [7, 11) is 0. The molecule has 0 aliphatic rings. The van der Waals surface area contributed by atoms with E-state index in [9.17, 15) is 9.18 Å². The van der Waals surface area contributed by atoms with E-state index in [-0.39, 0.29) is 35.7 Å². The number of hydrogen-bond donors (Lipinski definition) is 3. The molecule has 0 atom stereocenters. The quantitative estimate of drug-likeness (QED) is 0.273. The first-order chi connectivity index (χ1) is 13.5. The Morgan fingerprint density at radius 2 is 1.86 bits per heavy atom. The maximum Gasteiger partial charge on any atom is 0.224 e. The lowest BCUT2D eigenvalue weighted by molar-refractivity contribution is -0.116. The van der Waals surface area contributed by atoms with Crippen molar-refractivity contribution in [2.75, 3.05) is 11.9 Å². The van der Waals surface area contributed by atoms with Gasteiger partial charge in [0.1, 0.15) is 5.82 Å². The van der Waals surface area contributed by atoms with Crippen LogP contribution in [0.5, 0.6) is 0 Å². The lowest BCUT2D eigenvalue weighted by Crippen LogP contribution is -2.37. The molecule has 0 bridgehead atoms. The predicted molar refractivity (Wildman–Crippen MR) is 128 cm³/mol. The third kappa shape index (κ3) is 9.25. The second-order valence-electron chi connectivity index (χ2n) is 6.99. The highest BCUT2D eigenvalue weighted by Gasteiger charge is 2.06. The Kier molecular flexibility index (Phi) is 11.3. The van der Waals surface area contributed by atoms with E-state index in [1.54, 1.807) is 12.1 Å². The lowest BCUT2D eigenvalue weighted by Gasteiger charge is -2.12. The third-order valence-corrected chi connectivity index (χ3v) is 3.97. The molecule has 2 rings (SSSR count). The summed E-state index contributed by atoms with van der Waals surface area (Å²) in [5.41, 5.74) is 2.33. The van der Waals surface area contributed by atoms with Crippen molar-refractivity contribution in [2.45, 2.75) is 40.3 Å². The fraction of sp³-hybridized carbons (Fsp3) is 0.364. The smallest absolute Gasteiger partial charge is 0.224 e. The summed E-state index contributed by atoms with van der Waals surface area (Å²) in [6.07, 6.45) is 0.493. The van der Waals surface area contributed by atoms with Crippen LogP contribution in [0.1, 0.15) is 38.3 Å². The van der Waals surface area contributed by atoms with Gasteiger partial charge in [0.05, 0.1) is 6.54 Å². The van der Waals surface area contributed by atoms with Gasteiger partial charge in [-0.05, 0) is 36.6 Å². The van der Waals surface area contributed by atoms with Crippen LogP contribution >= 0.6 is 24.0 Å². The van der Waals surface area contributed by atoms with Crippen molar-refractivity contribution in [3.8, 4) is 0 Å². The SMILES string of the molecule is CCNC(=NCc1cccc(NC(=O)CC(C)C)c1)NCc1ccccc1F.I. The van der Waals surface area contributed by atoms with Crippen LogP contribution in [-0.4, -0.2) is 18.4 Å². The maximum absolute atomic E-state index is 13.8. The Hall–Kier alpha value is -2.16. The first-order valence-corrected chi connectivity index (χ1v) is 9.62. The Morgan fingerprint density at radius 3 is 2.55 bits per heavy atom. The van der Waals surface area contributed by atoms with Gasteiger partial charge in [0.15, 0.2) is 5.96 Å². The van der Waals surface area contributed by atoms with Gasteiger partial charge in [-0.25, -0.2) is 9.38 Å². The molecule has 29 heavy (non-hydrogen) atoms. The van der Waals surface area contributed by atoms with E-state index in [0.717, 1.165) is 11.3 Å². The molecule has 0 aliphatic carbocycles. The van der Waals surface area contributed by atoms with E-state index >= 15 is 0 Å². The summed E-state index contributed by atoms with van der Waals surface area (Å²) in [6, 6.07) is 14.3. The molecular weight excluding hydrogens is 482 g/mol. The normalized spacial score (nSPS) is 11.0. The second kappa shape index (κ2) is 13.1. The highest BCUT2D eigenvalue weighted by Crippen LogP contribution is 2.13. The standard InChI is InChI=1S/C22H29FN4O.HI/c1-4-24-22(26-15-18-9-5-6-11-20(18)23)25-14-17-8-7-10-19(13-17)27-21(28)12-16(2)3;/h5-11,13,16H,4,12,14-15H2,1-3H3,(H,27,28)(H2,24,25,26);1H. The topological polar surface area (TPSA) is 65.5 Å². The largest absolute Gasteiger partial charge is 0.357 e. The van der Waals surface area contributed by atoms with Gasteiger partial charge in [-0.2, -0.15) is 0 Å². The number of nitrogens with zero attached hydrogens (tertiary/aromatic N) is 1. The van der Waals surface area contributed by atoms with Crippen LogP contribution in [0.15, 0.2) is 53.5 Å². The zero-order valence-corrected chi connectivity index (χ0v) is 19.5. The van der Waals surface area contributed by atoms with Gasteiger partial charge in [-0.1, -0.05) is 44.2 Å². The summed E-state index contributed by atoms with van der Waals surface area (Å²) in [6.45, 7) is 7.51. The van der Waals surface area contributed by atoms with Crippen molar-refractivity contribution in [2.24, 2.45) is 10.9 Å². The van der Waals surface area contributed by atoms with Gasteiger partial charge in [0.25, 0.3) is 0 Å². The molecule has 0 radical (unpaired) electrons. The average Bonchev–Trinajstić information content (AvgIpc) is 2.64. The van der Waals surface area contributed by atoms with Crippen molar-refractivity contribution in [3.63, 3.8) is 0 Å². The molecule has 0 saturated carbocycles. The second-order valence-corrected chi connectivity index (χ2v) is 6.99. The van der Waals surface area contributed by atoms with Crippen LogP contribution in [0.4, 0.5) is 10.1 Å². The number of carbonyl (C=O) groups excluding carboxylic acids is 1. The fourth-order valence-corrected chi connectivity index (χ4v) is 2.66. The Bertz CT molecular complexity index is 811. The Morgan fingerprint density at radius 1 is 1.10 bits per heavy atom. The fourth-order valence-electron chi connectivity index (χ4n) is 2.66. The number of benzene rings is 2.